The van der Waals surface area contributed by atoms with Crippen molar-refractivity contribution in [3.05, 3.63) is 23.8 Å². The van der Waals surface area contributed by atoms with Gasteiger partial charge < -0.3 is 34.3 Å². The van der Waals surface area contributed by atoms with Gasteiger partial charge in [0.1, 0.15) is 24.4 Å². The van der Waals surface area contributed by atoms with Gasteiger partial charge in [0.15, 0.2) is 24.0 Å². The van der Waals surface area contributed by atoms with Gasteiger partial charge in [0.2, 0.25) is 0 Å². The molecule has 2 saturated heterocycles. The monoisotopic (exact) mass is 367 g/mol. The first kappa shape index (κ1) is 19.1. The molecule has 3 rings (SSSR count). The van der Waals surface area contributed by atoms with Crippen LogP contribution >= 0.6 is 0 Å². The van der Waals surface area contributed by atoms with Crippen molar-refractivity contribution in [1.82, 2.24) is 0 Å². The minimum Gasteiger partial charge on any atom is -0.504 e. The molecule has 144 valence electrons. The number of hydrogen-bond donors (Lipinski definition) is 3. The van der Waals surface area contributed by atoms with Crippen LogP contribution in [0.5, 0.6) is 11.5 Å². The summed E-state index contributed by atoms with van der Waals surface area (Å²) in [5.74, 6) is 0.254. The summed E-state index contributed by atoms with van der Waals surface area (Å²) in [4.78, 5) is 4.18. The fourth-order valence-electron chi connectivity index (χ4n) is 3.11. The van der Waals surface area contributed by atoms with E-state index in [9.17, 15) is 15.3 Å². The predicted octanol–water partition coefficient (Wildman–Crippen LogP) is 0.808. The van der Waals surface area contributed by atoms with Gasteiger partial charge in [-0.15, -0.1) is 0 Å². The number of rotatable bonds is 5. The predicted molar refractivity (Wildman–Crippen MR) is 92.4 cm³/mol. The number of phenols is 1. The highest BCUT2D eigenvalue weighted by Gasteiger charge is 2.48. The number of benzene rings is 1. The van der Waals surface area contributed by atoms with Crippen LogP contribution in [-0.2, 0) is 14.2 Å². The summed E-state index contributed by atoms with van der Waals surface area (Å²) in [5.41, 5.74) is 0.413. The molecule has 2 aliphatic rings. The normalized spacial score (nSPS) is 34.6. The molecular formula is C18H25NO7. The molecule has 8 nitrogen and oxygen atoms in total. The van der Waals surface area contributed by atoms with Gasteiger partial charge in [0.05, 0.1) is 13.7 Å². The van der Waals surface area contributed by atoms with Gasteiger partial charge in [0, 0.05) is 11.8 Å². The molecule has 0 saturated carbocycles. The zero-order valence-corrected chi connectivity index (χ0v) is 14.8. The Labute approximate surface area is 152 Å². The van der Waals surface area contributed by atoms with E-state index in [1.165, 1.54) is 13.3 Å². The van der Waals surface area contributed by atoms with Gasteiger partial charge >= 0.3 is 0 Å². The number of ether oxygens (including phenoxy) is 4. The molecule has 0 radical (unpaired) electrons. The number of nitrogens with zero attached hydrogens (tertiary/aromatic N) is 1. The van der Waals surface area contributed by atoms with Crippen molar-refractivity contribution in [1.29, 1.82) is 0 Å². The van der Waals surface area contributed by atoms with Crippen molar-refractivity contribution < 1.29 is 34.3 Å². The summed E-state index contributed by atoms with van der Waals surface area (Å²) in [7, 11) is 1.45. The average Bonchev–Trinajstić information content (AvgIpc) is 2.65. The van der Waals surface area contributed by atoms with Gasteiger partial charge in [-0.2, -0.15) is 0 Å². The molecule has 8 heteroatoms. The summed E-state index contributed by atoms with van der Waals surface area (Å²) < 4.78 is 22.1. The van der Waals surface area contributed by atoms with Crippen molar-refractivity contribution in [2.45, 2.75) is 56.7 Å². The largest absolute Gasteiger partial charge is 0.504 e. The number of aliphatic hydroxyl groups is 2. The summed E-state index contributed by atoms with van der Waals surface area (Å²) in [6.07, 6.45) is -2.00. The SMILES string of the molecule is CCCC1OC[C@H]2O[C@@H](/N=C/c3cccc(OC)c3O)[C@H](O)[C@@H](O)[C@@H]2O1. The Morgan fingerprint density at radius 1 is 1.27 bits per heavy atom. The minimum atomic E-state index is -1.25. The first-order valence-corrected chi connectivity index (χ1v) is 8.73. The maximum absolute atomic E-state index is 10.4. The molecule has 3 N–H and O–H groups in total. The van der Waals surface area contributed by atoms with Crippen molar-refractivity contribution in [2.75, 3.05) is 13.7 Å². The van der Waals surface area contributed by atoms with Gasteiger partial charge in [-0.1, -0.05) is 19.4 Å². The first-order valence-electron chi connectivity index (χ1n) is 8.73. The third-order valence-electron chi connectivity index (χ3n) is 4.55. The highest BCUT2D eigenvalue weighted by molar-refractivity contribution is 5.84. The molecule has 0 bridgehead atoms. The van der Waals surface area contributed by atoms with Crippen LogP contribution in [0, 0.1) is 0 Å². The number of phenolic OH excluding ortho intramolecular Hbond substituents is 1. The fourth-order valence-corrected chi connectivity index (χ4v) is 3.11. The van der Waals surface area contributed by atoms with Crippen molar-refractivity contribution in [3.8, 4) is 11.5 Å². The summed E-state index contributed by atoms with van der Waals surface area (Å²) >= 11 is 0. The van der Waals surface area contributed by atoms with E-state index in [0.717, 1.165) is 6.42 Å². The lowest BCUT2D eigenvalue weighted by atomic mass is 9.97. The molecule has 2 fully saturated rings. The van der Waals surface area contributed by atoms with Crippen LogP contribution in [0.4, 0.5) is 0 Å². The Morgan fingerprint density at radius 2 is 2.08 bits per heavy atom. The van der Waals surface area contributed by atoms with E-state index < -0.39 is 36.9 Å². The van der Waals surface area contributed by atoms with Crippen LogP contribution in [-0.4, -0.2) is 72.2 Å². The van der Waals surface area contributed by atoms with Gasteiger partial charge in [-0.3, -0.25) is 4.99 Å². The van der Waals surface area contributed by atoms with E-state index in [1.54, 1.807) is 18.2 Å². The van der Waals surface area contributed by atoms with Crippen LogP contribution in [0.3, 0.4) is 0 Å². The van der Waals surface area contributed by atoms with Gasteiger partial charge in [0.25, 0.3) is 0 Å². The molecule has 2 heterocycles. The molecule has 1 unspecified atom stereocenters. The molecule has 0 spiro atoms. The molecule has 0 aliphatic carbocycles. The lowest BCUT2D eigenvalue weighted by Gasteiger charge is -2.45. The number of methoxy groups -OCH3 is 1. The molecule has 1 aromatic rings. The molecular weight excluding hydrogens is 342 g/mol. The maximum atomic E-state index is 10.4. The standard InChI is InChI=1S/C18H25NO7/c1-3-5-13-24-9-12-17(26-13)15(21)16(22)18(25-12)19-8-10-6-4-7-11(23-2)14(10)20/h4,6-8,12-13,15-18,20-22H,3,5,9H2,1-2H3/b19-8+/t12-,13?,15-,16-,17-,18-/m1/s1. The Morgan fingerprint density at radius 3 is 2.81 bits per heavy atom. The third kappa shape index (κ3) is 3.84. The number of aromatic hydroxyl groups is 1. The molecule has 1 aromatic carbocycles. The van der Waals surface area contributed by atoms with E-state index in [1.807, 2.05) is 6.92 Å². The second-order valence-corrected chi connectivity index (χ2v) is 6.37. The van der Waals surface area contributed by atoms with Crippen LogP contribution in [0.25, 0.3) is 0 Å². The molecule has 26 heavy (non-hydrogen) atoms. The zero-order valence-electron chi connectivity index (χ0n) is 14.8. The van der Waals surface area contributed by atoms with Crippen LogP contribution in [0.1, 0.15) is 25.3 Å². The summed E-state index contributed by atoms with van der Waals surface area (Å²) in [6.45, 7) is 2.27. The average molecular weight is 367 g/mol. The topological polar surface area (TPSA) is 110 Å². The molecule has 2 aliphatic heterocycles. The minimum absolute atomic E-state index is 0.0609. The highest BCUT2D eigenvalue weighted by atomic mass is 16.7. The Kier molecular flexibility index (Phi) is 6.10. The summed E-state index contributed by atoms with van der Waals surface area (Å²) in [5, 5.41) is 30.8. The van der Waals surface area contributed by atoms with E-state index >= 15 is 0 Å². The van der Waals surface area contributed by atoms with Crippen LogP contribution < -0.4 is 4.74 Å². The fraction of sp³-hybridized carbons (Fsp3) is 0.611. The third-order valence-corrected chi connectivity index (χ3v) is 4.55. The quantitative estimate of drug-likeness (QED) is 0.661. The van der Waals surface area contributed by atoms with Gasteiger partial charge in [-0.25, -0.2) is 0 Å². The lowest BCUT2D eigenvalue weighted by Crippen LogP contribution is -2.62. The first-order chi connectivity index (χ1) is 12.5. The summed E-state index contributed by atoms with van der Waals surface area (Å²) in [6, 6.07) is 4.98. The van der Waals surface area contributed by atoms with Crippen molar-refractivity contribution in [2.24, 2.45) is 4.99 Å². The van der Waals surface area contributed by atoms with E-state index in [2.05, 4.69) is 4.99 Å². The number of hydrogen-bond acceptors (Lipinski definition) is 8. The van der Waals surface area contributed by atoms with Crippen LogP contribution in [0.2, 0.25) is 0 Å². The van der Waals surface area contributed by atoms with E-state index in [-0.39, 0.29) is 12.4 Å². The molecule has 0 amide bonds. The van der Waals surface area contributed by atoms with Crippen molar-refractivity contribution in [3.63, 3.8) is 0 Å². The van der Waals surface area contributed by atoms with E-state index in [0.29, 0.717) is 17.7 Å². The Hall–Kier alpha value is -1.71. The van der Waals surface area contributed by atoms with Gasteiger partial charge in [-0.05, 0) is 18.6 Å². The molecule has 6 atom stereocenters. The highest BCUT2D eigenvalue weighted by Crippen LogP contribution is 2.31. The van der Waals surface area contributed by atoms with Crippen LogP contribution in [0.15, 0.2) is 23.2 Å². The Bertz CT molecular complexity index is 636. The number of aliphatic hydroxyl groups excluding tert-OH is 2. The maximum Gasteiger partial charge on any atom is 0.177 e. The number of fused-ring (bicyclic) bond motifs is 1. The Balaban J connectivity index is 1.71. The number of aliphatic imine (C=N–C) groups is 1. The van der Waals surface area contributed by atoms with E-state index in [4.69, 9.17) is 18.9 Å². The molecule has 0 aromatic heterocycles. The van der Waals surface area contributed by atoms with Crippen molar-refractivity contribution >= 4 is 6.21 Å². The lowest BCUT2D eigenvalue weighted by molar-refractivity contribution is -0.324. The second-order valence-electron chi connectivity index (χ2n) is 6.37. The number of para-hydroxylation sites is 1. The second kappa shape index (κ2) is 8.32. The smallest absolute Gasteiger partial charge is 0.177 e. The zero-order chi connectivity index (χ0) is 18.7.